The summed E-state index contributed by atoms with van der Waals surface area (Å²) < 4.78 is 0. The summed E-state index contributed by atoms with van der Waals surface area (Å²) in [5.41, 5.74) is 8.12. The van der Waals surface area contributed by atoms with Crippen molar-refractivity contribution in [3.05, 3.63) is 29.3 Å². The Hall–Kier alpha value is -1.02. The fourth-order valence-corrected chi connectivity index (χ4v) is 1.72. The lowest BCUT2D eigenvalue weighted by Crippen LogP contribution is -2.09. The Labute approximate surface area is 84.7 Å². The van der Waals surface area contributed by atoms with Crippen molar-refractivity contribution in [3.8, 4) is 0 Å². The second-order valence-corrected chi connectivity index (χ2v) is 4.53. The van der Waals surface area contributed by atoms with Crippen LogP contribution in [0.15, 0.2) is 18.2 Å². The molecule has 2 heteroatoms. The minimum Gasteiger partial charge on any atom is -0.398 e. The van der Waals surface area contributed by atoms with E-state index in [4.69, 9.17) is 5.73 Å². The van der Waals surface area contributed by atoms with Crippen molar-refractivity contribution >= 4 is 5.69 Å². The third-order valence-electron chi connectivity index (χ3n) is 2.97. The van der Waals surface area contributed by atoms with Crippen LogP contribution in [0, 0.1) is 0 Å². The number of benzene rings is 1. The molecule has 76 valence electrons. The molecule has 0 aliphatic heterocycles. The van der Waals surface area contributed by atoms with Gasteiger partial charge >= 0.3 is 0 Å². The topological polar surface area (TPSA) is 46.2 Å². The number of anilines is 1. The molecule has 2 nitrogen and oxygen atoms in total. The molecule has 0 aromatic heterocycles. The minimum absolute atomic E-state index is 0.483. The van der Waals surface area contributed by atoms with Gasteiger partial charge in [0.05, 0.1) is 5.60 Å². The number of nitrogen functional groups attached to an aromatic ring is 1. The molecule has 1 aliphatic rings. The molecule has 0 heterocycles. The van der Waals surface area contributed by atoms with Gasteiger partial charge in [-0.05, 0) is 30.4 Å². The van der Waals surface area contributed by atoms with Gasteiger partial charge in [0.1, 0.15) is 0 Å². The highest BCUT2D eigenvalue weighted by atomic mass is 16.3. The first kappa shape index (κ1) is 9.53. The largest absolute Gasteiger partial charge is 0.398 e. The molecule has 2 rings (SSSR count). The molecule has 0 atom stereocenters. The normalized spacial score (nSPS) is 18.6. The van der Waals surface area contributed by atoms with Gasteiger partial charge in [0.2, 0.25) is 0 Å². The highest BCUT2D eigenvalue weighted by Crippen LogP contribution is 2.47. The zero-order valence-electron chi connectivity index (χ0n) is 8.75. The summed E-state index contributed by atoms with van der Waals surface area (Å²) >= 11 is 0. The second kappa shape index (κ2) is 2.99. The maximum absolute atomic E-state index is 10.0. The third-order valence-corrected chi connectivity index (χ3v) is 2.97. The first-order chi connectivity index (χ1) is 6.53. The average Bonchev–Trinajstić information content (AvgIpc) is 2.85. The monoisotopic (exact) mass is 191 g/mol. The predicted molar refractivity (Wildman–Crippen MR) is 58.1 cm³/mol. The summed E-state index contributed by atoms with van der Waals surface area (Å²) in [5, 5.41) is 10.0. The van der Waals surface area contributed by atoms with E-state index < -0.39 is 5.60 Å². The highest BCUT2D eigenvalue weighted by Gasteiger charge is 2.43. The van der Waals surface area contributed by atoms with Gasteiger partial charge in [-0.15, -0.1) is 0 Å². The van der Waals surface area contributed by atoms with Crippen molar-refractivity contribution in [1.29, 1.82) is 0 Å². The Morgan fingerprint density at radius 1 is 1.36 bits per heavy atom. The first-order valence-corrected chi connectivity index (χ1v) is 5.15. The number of hydrogen-bond donors (Lipinski definition) is 2. The van der Waals surface area contributed by atoms with Crippen LogP contribution in [-0.4, -0.2) is 5.11 Å². The summed E-state index contributed by atoms with van der Waals surface area (Å²) in [4.78, 5) is 0. The molecule has 0 radical (unpaired) electrons. The van der Waals surface area contributed by atoms with Gasteiger partial charge in [-0.2, -0.15) is 0 Å². The van der Waals surface area contributed by atoms with E-state index in [0.29, 0.717) is 5.92 Å². The summed E-state index contributed by atoms with van der Waals surface area (Å²) in [6.45, 7) is 4.29. The molecule has 1 aliphatic carbocycles. The molecule has 3 N–H and O–H groups in total. The van der Waals surface area contributed by atoms with Crippen LogP contribution in [0.4, 0.5) is 5.69 Å². The molecule has 0 spiro atoms. The quantitative estimate of drug-likeness (QED) is 0.705. The molecule has 0 unspecified atom stereocenters. The fraction of sp³-hybridized carbons (Fsp3) is 0.500. The van der Waals surface area contributed by atoms with E-state index >= 15 is 0 Å². The Bertz CT molecular complexity index is 353. The maximum Gasteiger partial charge on any atom is 0.0918 e. The van der Waals surface area contributed by atoms with E-state index in [1.54, 1.807) is 0 Å². The molecule has 1 aromatic rings. The molecule has 0 amide bonds. The molecule has 0 saturated heterocycles. The van der Waals surface area contributed by atoms with E-state index in [0.717, 1.165) is 24.1 Å². The van der Waals surface area contributed by atoms with Crippen molar-refractivity contribution in [2.24, 2.45) is 0 Å². The summed E-state index contributed by atoms with van der Waals surface area (Å²) in [6, 6.07) is 5.99. The second-order valence-electron chi connectivity index (χ2n) is 4.53. The molecule has 1 fully saturated rings. The van der Waals surface area contributed by atoms with Crippen LogP contribution < -0.4 is 5.73 Å². The predicted octanol–water partition coefficient (Wildman–Crippen LogP) is 2.37. The van der Waals surface area contributed by atoms with E-state index in [1.807, 2.05) is 18.2 Å². The van der Waals surface area contributed by atoms with Crippen LogP contribution in [0.3, 0.4) is 0 Å². The van der Waals surface area contributed by atoms with Gasteiger partial charge in [-0.25, -0.2) is 0 Å². The number of rotatable bonds is 2. The highest BCUT2D eigenvalue weighted by molar-refractivity contribution is 5.53. The average molecular weight is 191 g/mol. The Morgan fingerprint density at radius 2 is 2.00 bits per heavy atom. The van der Waals surface area contributed by atoms with Gasteiger partial charge in [-0.3, -0.25) is 0 Å². The van der Waals surface area contributed by atoms with Crippen LogP contribution in [-0.2, 0) is 5.60 Å². The lowest BCUT2D eigenvalue weighted by molar-refractivity contribution is 0.152. The van der Waals surface area contributed by atoms with Crippen LogP contribution >= 0.6 is 0 Å². The Kier molecular flexibility index (Phi) is 2.04. The van der Waals surface area contributed by atoms with Crippen molar-refractivity contribution in [2.75, 3.05) is 5.73 Å². The fourth-order valence-electron chi connectivity index (χ4n) is 1.72. The number of nitrogens with two attached hydrogens (primary N) is 1. The Balaban J connectivity index is 2.43. The van der Waals surface area contributed by atoms with Crippen LogP contribution in [0.2, 0.25) is 0 Å². The van der Waals surface area contributed by atoms with Gasteiger partial charge in [0.15, 0.2) is 0 Å². The first-order valence-electron chi connectivity index (χ1n) is 5.15. The summed E-state index contributed by atoms with van der Waals surface area (Å²) in [6.07, 6.45) is 1.69. The minimum atomic E-state index is -0.616. The molecule has 0 bridgehead atoms. The standard InChI is InChI=1S/C12H17NO/c1-8(2)9-3-4-11(13)10(7-9)12(14)5-6-12/h3-4,7-8,14H,5-6,13H2,1-2H3. The maximum atomic E-state index is 10.0. The van der Waals surface area contributed by atoms with Crippen molar-refractivity contribution in [2.45, 2.75) is 38.2 Å². The van der Waals surface area contributed by atoms with E-state index in [2.05, 4.69) is 13.8 Å². The molecular weight excluding hydrogens is 174 g/mol. The molecule has 14 heavy (non-hydrogen) atoms. The number of hydrogen-bond acceptors (Lipinski definition) is 2. The summed E-state index contributed by atoms with van der Waals surface area (Å²) in [5.74, 6) is 0.483. The van der Waals surface area contributed by atoms with E-state index in [-0.39, 0.29) is 0 Å². The smallest absolute Gasteiger partial charge is 0.0918 e. The van der Waals surface area contributed by atoms with Gasteiger partial charge in [-0.1, -0.05) is 26.0 Å². The van der Waals surface area contributed by atoms with Gasteiger partial charge in [0, 0.05) is 11.3 Å². The van der Waals surface area contributed by atoms with Gasteiger partial charge < -0.3 is 10.8 Å². The van der Waals surface area contributed by atoms with Crippen LogP contribution in [0.5, 0.6) is 0 Å². The zero-order valence-corrected chi connectivity index (χ0v) is 8.75. The number of aliphatic hydroxyl groups is 1. The van der Waals surface area contributed by atoms with Crippen LogP contribution in [0.25, 0.3) is 0 Å². The van der Waals surface area contributed by atoms with Crippen molar-refractivity contribution in [3.63, 3.8) is 0 Å². The molecule has 1 aromatic carbocycles. The third kappa shape index (κ3) is 1.50. The van der Waals surface area contributed by atoms with E-state index in [1.165, 1.54) is 5.56 Å². The summed E-state index contributed by atoms with van der Waals surface area (Å²) in [7, 11) is 0. The van der Waals surface area contributed by atoms with Gasteiger partial charge in [0.25, 0.3) is 0 Å². The lowest BCUT2D eigenvalue weighted by Gasteiger charge is -2.14. The Morgan fingerprint density at radius 3 is 2.50 bits per heavy atom. The van der Waals surface area contributed by atoms with Crippen LogP contribution in [0.1, 0.15) is 43.7 Å². The van der Waals surface area contributed by atoms with Crippen molar-refractivity contribution in [1.82, 2.24) is 0 Å². The van der Waals surface area contributed by atoms with E-state index in [9.17, 15) is 5.11 Å². The van der Waals surface area contributed by atoms with Crippen molar-refractivity contribution < 1.29 is 5.11 Å². The zero-order chi connectivity index (χ0) is 10.3. The molecular formula is C12H17NO. The lowest BCUT2D eigenvalue weighted by atomic mass is 9.96. The SMILES string of the molecule is CC(C)c1ccc(N)c(C2(O)CC2)c1. The molecule has 1 saturated carbocycles.